The predicted molar refractivity (Wildman–Crippen MR) is 76.4 cm³/mol. The first-order chi connectivity index (χ1) is 8.49. The van der Waals surface area contributed by atoms with Gasteiger partial charge in [-0.15, -0.1) is 0 Å². The molecule has 0 bridgehead atoms. The quantitative estimate of drug-likeness (QED) is 0.679. The van der Waals surface area contributed by atoms with Gasteiger partial charge in [-0.1, -0.05) is 44.4 Å². The lowest BCUT2D eigenvalue weighted by atomic mass is 9.73. The van der Waals surface area contributed by atoms with Gasteiger partial charge in [0.25, 0.3) is 0 Å². The van der Waals surface area contributed by atoms with Crippen molar-refractivity contribution in [3.8, 4) is 0 Å². The third-order valence-electron chi connectivity index (χ3n) is 4.44. The standard InChI is InChI=1S/C17H26O/c1-13-5-4-12-17(2,3)16(13)11-10-15(18)9-8-14-6-7-14/h5,11,14H,4,6-10,12H2,1-3H3. The molecule has 1 heteroatoms. The minimum atomic E-state index is 0.246. The molecule has 1 saturated carbocycles. The van der Waals surface area contributed by atoms with E-state index in [2.05, 4.69) is 32.9 Å². The summed E-state index contributed by atoms with van der Waals surface area (Å²) in [5, 5.41) is 0. The molecule has 0 aromatic rings. The second-order valence-electron chi connectivity index (χ2n) is 6.65. The summed E-state index contributed by atoms with van der Waals surface area (Å²) in [6.45, 7) is 6.77. The van der Waals surface area contributed by atoms with Crippen molar-refractivity contribution in [3.63, 3.8) is 0 Å². The van der Waals surface area contributed by atoms with Crippen LogP contribution in [0.5, 0.6) is 0 Å². The molecule has 0 unspecified atom stereocenters. The number of hydrogen-bond acceptors (Lipinski definition) is 1. The molecule has 0 atom stereocenters. The molecule has 0 spiro atoms. The Labute approximate surface area is 111 Å². The van der Waals surface area contributed by atoms with E-state index in [1.807, 2.05) is 0 Å². The predicted octanol–water partition coefficient (Wildman–Crippen LogP) is 4.83. The summed E-state index contributed by atoms with van der Waals surface area (Å²) in [6, 6.07) is 0. The molecule has 0 amide bonds. The van der Waals surface area contributed by atoms with E-state index in [1.165, 1.54) is 36.8 Å². The minimum Gasteiger partial charge on any atom is -0.299 e. The van der Waals surface area contributed by atoms with Crippen LogP contribution in [0.15, 0.2) is 23.3 Å². The summed E-state index contributed by atoms with van der Waals surface area (Å²) in [4.78, 5) is 11.9. The molecule has 1 fully saturated rings. The van der Waals surface area contributed by atoms with Crippen LogP contribution in [0, 0.1) is 11.3 Å². The van der Waals surface area contributed by atoms with Gasteiger partial charge < -0.3 is 0 Å². The highest BCUT2D eigenvalue weighted by Crippen LogP contribution is 2.40. The fraction of sp³-hybridized carbons (Fsp3) is 0.706. The van der Waals surface area contributed by atoms with Gasteiger partial charge in [0.05, 0.1) is 0 Å². The van der Waals surface area contributed by atoms with Crippen LogP contribution < -0.4 is 0 Å². The summed E-state index contributed by atoms with van der Waals surface area (Å²) >= 11 is 0. The Kier molecular flexibility index (Phi) is 4.09. The van der Waals surface area contributed by atoms with Crippen molar-refractivity contribution in [2.24, 2.45) is 11.3 Å². The van der Waals surface area contributed by atoms with Crippen LogP contribution in [-0.2, 0) is 4.79 Å². The molecule has 0 heterocycles. The zero-order valence-corrected chi connectivity index (χ0v) is 12.1. The average molecular weight is 246 g/mol. The SMILES string of the molecule is CC1=CCCC(C)(C)C1=CCC(=O)CCC1CC1. The van der Waals surface area contributed by atoms with E-state index in [-0.39, 0.29) is 5.41 Å². The number of allylic oxidation sites excluding steroid dienone is 4. The molecule has 2 aliphatic rings. The van der Waals surface area contributed by atoms with Crippen LogP contribution in [0.2, 0.25) is 0 Å². The van der Waals surface area contributed by atoms with Crippen LogP contribution >= 0.6 is 0 Å². The Morgan fingerprint density at radius 3 is 2.78 bits per heavy atom. The first-order valence-corrected chi connectivity index (χ1v) is 7.38. The van der Waals surface area contributed by atoms with E-state index in [1.54, 1.807) is 0 Å². The Hall–Kier alpha value is -0.850. The third-order valence-corrected chi connectivity index (χ3v) is 4.44. The molecule has 0 radical (unpaired) electrons. The van der Waals surface area contributed by atoms with Gasteiger partial charge >= 0.3 is 0 Å². The monoisotopic (exact) mass is 246 g/mol. The van der Waals surface area contributed by atoms with Crippen LogP contribution in [0.3, 0.4) is 0 Å². The van der Waals surface area contributed by atoms with Gasteiger partial charge in [-0.2, -0.15) is 0 Å². The molecule has 0 aromatic carbocycles. The van der Waals surface area contributed by atoms with Crippen molar-refractivity contribution in [1.82, 2.24) is 0 Å². The van der Waals surface area contributed by atoms with Crippen molar-refractivity contribution >= 4 is 5.78 Å². The summed E-state index contributed by atoms with van der Waals surface area (Å²) in [5.41, 5.74) is 3.02. The van der Waals surface area contributed by atoms with Crippen LogP contribution in [0.1, 0.15) is 65.7 Å². The number of carbonyl (C=O) groups excluding carboxylic acids is 1. The van der Waals surface area contributed by atoms with Crippen LogP contribution in [0.25, 0.3) is 0 Å². The van der Waals surface area contributed by atoms with E-state index in [0.717, 1.165) is 18.8 Å². The van der Waals surface area contributed by atoms with Gasteiger partial charge in [0.1, 0.15) is 5.78 Å². The van der Waals surface area contributed by atoms with Gasteiger partial charge in [0.15, 0.2) is 0 Å². The Morgan fingerprint density at radius 1 is 1.44 bits per heavy atom. The second-order valence-corrected chi connectivity index (χ2v) is 6.65. The molecule has 1 nitrogen and oxygen atoms in total. The first kappa shape index (κ1) is 13.6. The van der Waals surface area contributed by atoms with E-state index in [4.69, 9.17) is 0 Å². The summed E-state index contributed by atoms with van der Waals surface area (Å²) in [5.74, 6) is 1.29. The number of carbonyl (C=O) groups is 1. The Bertz CT molecular complexity index is 380. The highest BCUT2D eigenvalue weighted by Gasteiger charge is 2.27. The van der Waals surface area contributed by atoms with E-state index in [0.29, 0.717) is 12.2 Å². The lowest BCUT2D eigenvalue weighted by Gasteiger charge is -2.32. The molecule has 100 valence electrons. The molecular weight excluding hydrogens is 220 g/mol. The topological polar surface area (TPSA) is 17.1 Å². The van der Waals surface area contributed by atoms with Crippen LogP contribution in [0.4, 0.5) is 0 Å². The zero-order valence-electron chi connectivity index (χ0n) is 12.1. The fourth-order valence-electron chi connectivity index (χ4n) is 2.95. The maximum atomic E-state index is 11.9. The largest absolute Gasteiger partial charge is 0.299 e. The average Bonchev–Trinajstić information content (AvgIpc) is 3.08. The van der Waals surface area contributed by atoms with E-state index in [9.17, 15) is 4.79 Å². The third kappa shape index (κ3) is 3.57. The lowest BCUT2D eigenvalue weighted by molar-refractivity contribution is -0.118. The number of Topliss-reactive ketones (excluding diaryl/α,β-unsaturated/α-hetero) is 1. The van der Waals surface area contributed by atoms with Crippen molar-refractivity contribution < 1.29 is 4.79 Å². The molecule has 0 saturated heterocycles. The Morgan fingerprint density at radius 2 is 2.17 bits per heavy atom. The van der Waals surface area contributed by atoms with Gasteiger partial charge in [-0.3, -0.25) is 4.79 Å². The number of hydrogen-bond donors (Lipinski definition) is 0. The normalized spacial score (nSPS) is 25.1. The van der Waals surface area contributed by atoms with E-state index < -0.39 is 0 Å². The maximum absolute atomic E-state index is 11.9. The highest BCUT2D eigenvalue weighted by atomic mass is 16.1. The van der Waals surface area contributed by atoms with Gasteiger partial charge in [0.2, 0.25) is 0 Å². The van der Waals surface area contributed by atoms with Crippen molar-refractivity contribution in [3.05, 3.63) is 23.3 Å². The van der Waals surface area contributed by atoms with Crippen LogP contribution in [-0.4, -0.2) is 5.78 Å². The maximum Gasteiger partial charge on any atom is 0.136 e. The molecule has 2 rings (SSSR count). The van der Waals surface area contributed by atoms with Gasteiger partial charge in [0, 0.05) is 12.8 Å². The lowest BCUT2D eigenvalue weighted by Crippen LogP contribution is -2.19. The van der Waals surface area contributed by atoms with E-state index >= 15 is 0 Å². The minimum absolute atomic E-state index is 0.246. The first-order valence-electron chi connectivity index (χ1n) is 7.38. The summed E-state index contributed by atoms with van der Waals surface area (Å²) in [6.07, 6.45) is 12.1. The molecule has 0 N–H and O–H groups in total. The number of ketones is 1. The zero-order chi connectivity index (χ0) is 13.2. The van der Waals surface area contributed by atoms with Gasteiger partial charge in [-0.05, 0) is 43.1 Å². The molecule has 0 aromatic heterocycles. The fourth-order valence-corrected chi connectivity index (χ4v) is 2.95. The van der Waals surface area contributed by atoms with Crippen molar-refractivity contribution in [2.45, 2.75) is 65.7 Å². The molecule has 2 aliphatic carbocycles. The molecular formula is C17H26O. The van der Waals surface area contributed by atoms with Gasteiger partial charge in [-0.25, -0.2) is 0 Å². The molecule has 0 aliphatic heterocycles. The Balaban J connectivity index is 1.91. The summed E-state index contributed by atoms with van der Waals surface area (Å²) in [7, 11) is 0. The van der Waals surface area contributed by atoms with Crippen molar-refractivity contribution in [1.29, 1.82) is 0 Å². The second kappa shape index (κ2) is 5.42. The summed E-state index contributed by atoms with van der Waals surface area (Å²) < 4.78 is 0. The highest BCUT2D eigenvalue weighted by molar-refractivity contribution is 5.80. The molecule has 18 heavy (non-hydrogen) atoms. The smallest absolute Gasteiger partial charge is 0.136 e. The van der Waals surface area contributed by atoms with Crippen molar-refractivity contribution in [2.75, 3.05) is 0 Å². The number of rotatable bonds is 5.